The van der Waals surface area contributed by atoms with Gasteiger partial charge in [0.25, 0.3) is 5.91 Å². The van der Waals surface area contributed by atoms with Gasteiger partial charge in [0, 0.05) is 34.4 Å². The maximum Gasteiger partial charge on any atom is 0.294 e. The van der Waals surface area contributed by atoms with Crippen molar-refractivity contribution in [2.45, 2.75) is 26.8 Å². The minimum atomic E-state index is -1.00. The zero-order valence-corrected chi connectivity index (χ0v) is 18.6. The summed E-state index contributed by atoms with van der Waals surface area (Å²) in [6, 6.07) is 11.4. The fraction of sp³-hybridized carbons (Fsp3) is 0.240. The van der Waals surface area contributed by atoms with Crippen molar-refractivity contribution in [3.8, 4) is 17.0 Å². The van der Waals surface area contributed by atoms with Crippen LogP contribution in [0.15, 0.2) is 70.6 Å². The third-order valence-corrected chi connectivity index (χ3v) is 5.50. The number of rotatable bonds is 5. The molecule has 8 heteroatoms. The van der Waals surface area contributed by atoms with E-state index in [2.05, 4.69) is 5.16 Å². The molecule has 0 saturated heterocycles. The van der Waals surface area contributed by atoms with E-state index < -0.39 is 34.7 Å². The number of aromatic nitrogens is 1. The first kappa shape index (κ1) is 22.3. The molecular weight excluding hydrogens is 427 g/mol. The lowest BCUT2D eigenvalue weighted by atomic mass is 9.82. The molecule has 1 aromatic heterocycles. The molecule has 0 bridgehead atoms. The van der Waals surface area contributed by atoms with Gasteiger partial charge in [-0.05, 0) is 24.3 Å². The average molecular weight is 450 g/mol. The Morgan fingerprint density at radius 2 is 1.85 bits per heavy atom. The number of benzene rings is 2. The molecule has 7 nitrogen and oxygen atoms in total. The van der Waals surface area contributed by atoms with Gasteiger partial charge in [-0.3, -0.25) is 14.5 Å². The molecule has 3 aromatic rings. The lowest BCUT2D eigenvalue weighted by Crippen LogP contribution is -2.33. The number of carbonyl (C=O) groups excluding carboxylic acids is 2. The monoisotopic (exact) mass is 450 g/mol. The molecule has 0 aliphatic carbocycles. The highest BCUT2D eigenvalue weighted by Crippen LogP contribution is 2.46. The van der Waals surface area contributed by atoms with Gasteiger partial charge in [0.2, 0.25) is 0 Å². The maximum absolute atomic E-state index is 13.9. The Hall–Kier alpha value is -3.94. The Morgan fingerprint density at radius 1 is 1.15 bits per heavy atom. The van der Waals surface area contributed by atoms with Crippen LogP contribution >= 0.6 is 0 Å². The predicted molar refractivity (Wildman–Crippen MR) is 119 cm³/mol. The quantitative estimate of drug-likeness (QED) is 0.588. The Labute approximate surface area is 190 Å². The smallest absolute Gasteiger partial charge is 0.294 e. The van der Waals surface area contributed by atoms with Crippen LogP contribution in [0.5, 0.6) is 5.75 Å². The van der Waals surface area contributed by atoms with Crippen LogP contribution in [0, 0.1) is 11.2 Å². The Bertz CT molecular complexity index is 1240. The largest absolute Gasteiger partial charge is 0.503 e. The number of methoxy groups -OCH3 is 1. The summed E-state index contributed by atoms with van der Waals surface area (Å²) in [5.74, 6) is -2.13. The minimum absolute atomic E-state index is 0.0574. The highest BCUT2D eigenvalue weighted by atomic mass is 19.1. The molecule has 0 saturated carbocycles. The van der Waals surface area contributed by atoms with E-state index in [1.807, 2.05) is 0 Å². The van der Waals surface area contributed by atoms with Crippen molar-refractivity contribution in [2.24, 2.45) is 5.41 Å². The highest BCUT2D eigenvalue weighted by Gasteiger charge is 2.47. The summed E-state index contributed by atoms with van der Waals surface area (Å²) in [6.07, 6.45) is 1.45. The Balaban J connectivity index is 1.87. The second-order valence-corrected chi connectivity index (χ2v) is 8.74. The molecular formula is C25H23FN2O5. The fourth-order valence-corrected chi connectivity index (χ4v) is 3.87. The van der Waals surface area contributed by atoms with Crippen LogP contribution in [0.3, 0.4) is 0 Å². The van der Waals surface area contributed by atoms with Gasteiger partial charge >= 0.3 is 0 Å². The third kappa shape index (κ3) is 3.88. The standard InChI is InChI=1S/C25H23FN2O5/c1-25(2,3)23(30)20-21(17-10-7-15(26)13-19(17)32-4)28(24(31)22(20)29)16-8-5-14(6-9-16)18-11-12-33-27-18/h5-13,21,29H,1-4H3. The molecule has 33 heavy (non-hydrogen) atoms. The van der Waals surface area contributed by atoms with E-state index in [1.54, 1.807) is 51.1 Å². The van der Waals surface area contributed by atoms with Crippen molar-refractivity contribution in [3.63, 3.8) is 0 Å². The van der Waals surface area contributed by atoms with Gasteiger partial charge < -0.3 is 14.4 Å². The summed E-state index contributed by atoms with van der Waals surface area (Å²) < 4.78 is 24.2. The number of aliphatic hydroxyl groups excluding tert-OH is 1. The Morgan fingerprint density at radius 3 is 2.42 bits per heavy atom. The van der Waals surface area contributed by atoms with Crippen molar-refractivity contribution in [2.75, 3.05) is 12.0 Å². The van der Waals surface area contributed by atoms with Crippen molar-refractivity contribution >= 4 is 17.4 Å². The first-order valence-corrected chi connectivity index (χ1v) is 10.3. The van der Waals surface area contributed by atoms with Gasteiger partial charge in [-0.1, -0.05) is 38.1 Å². The Kier molecular flexibility index (Phi) is 5.53. The molecule has 1 aliphatic rings. The van der Waals surface area contributed by atoms with E-state index in [0.717, 1.165) is 5.56 Å². The number of aliphatic hydroxyl groups is 1. The number of hydrogen-bond donors (Lipinski definition) is 1. The van der Waals surface area contributed by atoms with Gasteiger partial charge in [0.15, 0.2) is 11.5 Å². The van der Waals surface area contributed by atoms with E-state index in [0.29, 0.717) is 16.9 Å². The van der Waals surface area contributed by atoms with Crippen molar-refractivity contribution in [1.29, 1.82) is 0 Å². The summed E-state index contributed by atoms with van der Waals surface area (Å²) in [5.41, 5.74) is 1.27. The second kappa shape index (κ2) is 8.20. The normalized spacial score (nSPS) is 16.5. The van der Waals surface area contributed by atoms with Crippen LogP contribution in [0.4, 0.5) is 10.1 Å². The SMILES string of the molecule is COc1cc(F)ccc1C1C(C(=O)C(C)(C)C)=C(O)C(=O)N1c1ccc(-c2ccon2)cc1. The van der Waals surface area contributed by atoms with Crippen molar-refractivity contribution < 1.29 is 28.3 Å². The van der Waals surface area contributed by atoms with Crippen LogP contribution < -0.4 is 9.64 Å². The average Bonchev–Trinajstić information content (AvgIpc) is 3.40. The number of nitrogens with zero attached hydrogens (tertiary/aromatic N) is 2. The molecule has 1 unspecified atom stereocenters. The maximum atomic E-state index is 13.9. The number of ketones is 1. The lowest BCUT2D eigenvalue weighted by molar-refractivity contribution is -0.123. The van der Waals surface area contributed by atoms with Crippen LogP contribution in [0.1, 0.15) is 32.4 Å². The third-order valence-electron chi connectivity index (χ3n) is 5.50. The van der Waals surface area contributed by atoms with Gasteiger partial charge in [-0.15, -0.1) is 0 Å². The lowest BCUT2D eigenvalue weighted by Gasteiger charge is -2.30. The number of halogens is 1. The van der Waals surface area contributed by atoms with Gasteiger partial charge in [0.1, 0.15) is 23.5 Å². The van der Waals surface area contributed by atoms with Crippen molar-refractivity contribution in [3.05, 3.63) is 77.5 Å². The zero-order valence-electron chi connectivity index (χ0n) is 18.6. The summed E-state index contributed by atoms with van der Waals surface area (Å²) >= 11 is 0. The molecule has 0 fully saturated rings. The number of Topliss-reactive ketones (excluding diaryl/α,β-unsaturated/α-hetero) is 1. The van der Waals surface area contributed by atoms with E-state index in [9.17, 15) is 19.1 Å². The molecule has 0 spiro atoms. The van der Waals surface area contributed by atoms with Crippen LogP contribution in [0.2, 0.25) is 0 Å². The van der Waals surface area contributed by atoms with Crippen LogP contribution in [-0.4, -0.2) is 29.1 Å². The minimum Gasteiger partial charge on any atom is -0.503 e. The number of carbonyl (C=O) groups is 2. The van der Waals surface area contributed by atoms with Gasteiger partial charge in [-0.25, -0.2) is 4.39 Å². The van der Waals surface area contributed by atoms with E-state index in [4.69, 9.17) is 9.26 Å². The van der Waals surface area contributed by atoms with E-state index in [-0.39, 0.29) is 11.3 Å². The second-order valence-electron chi connectivity index (χ2n) is 8.74. The molecule has 1 amide bonds. The van der Waals surface area contributed by atoms with Gasteiger partial charge in [-0.2, -0.15) is 0 Å². The predicted octanol–water partition coefficient (Wildman–Crippen LogP) is 5.00. The number of anilines is 1. The topological polar surface area (TPSA) is 92.9 Å². The highest BCUT2D eigenvalue weighted by molar-refractivity contribution is 6.17. The molecule has 2 heterocycles. The fourth-order valence-electron chi connectivity index (χ4n) is 3.87. The number of amides is 1. The first-order chi connectivity index (χ1) is 15.6. The zero-order chi connectivity index (χ0) is 23.9. The summed E-state index contributed by atoms with van der Waals surface area (Å²) in [4.78, 5) is 27.9. The van der Waals surface area contributed by atoms with Crippen molar-refractivity contribution in [1.82, 2.24) is 5.16 Å². The summed E-state index contributed by atoms with van der Waals surface area (Å²) in [5, 5.41) is 14.7. The van der Waals surface area contributed by atoms with E-state index >= 15 is 0 Å². The molecule has 1 aliphatic heterocycles. The molecule has 2 aromatic carbocycles. The molecule has 4 rings (SSSR count). The molecule has 1 atom stereocenters. The number of hydrogen-bond acceptors (Lipinski definition) is 6. The van der Waals surface area contributed by atoms with Crippen LogP contribution in [0.25, 0.3) is 11.3 Å². The van der Waals surface area contributed by atoms with Gasteiger partial charge in [0.05, 0.1) is 18.7 Å². The summed E-state index contributed by atoms with van der Waals surface area (Å²) in [6.45, 7) is 5.11. The summed E-state index contributed by atoms with van der Waals surface area (Å²) in [7, 11) is 1.38. The first-order valence-electron chi connectivity index (χ1n) is 10.3. The van der Waals surface area contributed by atoms with E-state index in [1.165, 1.54) is 36.5 Å². The molecule has 170 valence electrons. The molecule has 1 N–H and O–H groups in total. The van der Waals surface area contributed by atoms with Crippen LogP contribution in [-0.2, 0) is 9.59 Å². The number of ether oxygens (including phenoxy) is 1. The molecule has 0 radical (unpaired) electrons.